The first-order chi connectivity index (χ1) is 15.6. The van der Waals surface area contributed by atoms with Gasteiger partial charge in [-0.25, -0.2) is 9.78 Å². The maximum atomic E-state index is 12.3. The molecule has 3 amide bonds. The summed E-state index contributed by atoms with van der Waals surface area (Å²) < 4.78 is 11.7. The highest BCUT2D eigenvalue weighted by Crippen LogP contribution is 2.34. The van der Waals surface area contributed by atoms with Gasteiger partial charge in [-0.1, -0.05) is 12.1 Å². The molecule has 2 aromatic carbocycles. The average Bonchev–Trinajstić information content (AvgIpc) is 3.40. The summed E-state index contributed by atoms with van der Waals surface area (Å²) in [5.41, 5.74) is 1.57. The van der Waals surface area contributed by atoms with Gasteiger partial charge in [-0.3, -0.25) is 19.9 Å². The minimum absolute atomic E-state index is 0.164. The van der Waals surface area contributed by atoms with Crippen LogP contribution in [0, 0.1) is 0 Å². The van der Waals surface area contributed by atoms with E-state index < -0.39 is 6.03 Å². The summed E-state index contributed by atoms with van der Waals surface area (Å²) >= 11 is 1.73. The first-order valence-corrected chi connectivity index (χ1v) is 11.2. The van der Waals surface area contributed by atoms with Gasteiger partial charge >= 0.3 is 6.03 Å². The molecule has 2 aliphatic heterocycles. The lowest BCUT2D eigenvalue weighted by atomic mass is 10.3. The number of para-hydroxylation sites is 1. The normalized spacial score (nSPS) is 16.2. The van der Waals surface area contributed by atoms with Crippen LogP contribution in [0.2, 0.25) is 0 Å². The van der Waals surface area contributed by atoms with Crippen LogP contribution in [0.3, 0.4) is 0 Å². The maximum absolute atomic E-state index is 12.3. The van der Waals surface area contributed by atoms with Crippen LogP contribution >= 0.6 is 11.3 Å². The molecule has 0 atom stereocenters. The van der Waals surface area contributed by atoms with Crippen molar-refractivity contribution < 1.29 is 19.1 Å². The van der Waals surface area contributed by atoms with E-state index in [9.17, 15) is 9.59 Å². The summed E-state index contributed by atoms with van der Waals surface area (Å²) in [6.45, 7) is 4.40. The molecule has 0 unspecified atom stereocenters. The monoisotopic (exact) mass is 453 g/mol. The standard InChI is InChI=1S/C22H23N5O4S/c28-20(25-22(29)23-15-5-6-17-18(11-15)31-14-30-17)12-26-7-9-27(10-8-26)13-21-24-16-3-1-2-4-19(16)32-21/h1-6,11H,7-10,12-14H2,(H2,23,25,28,29). The molecule has 1 fully saturated rings. The van der Waals surface area contributed by atoms with Crippen LogP contribution in [0.5, 0.6) is 11.5 Å². The van der Waals surface area contributed by atoms with E-state index in [0.717, 1.165) is 43.2 Å². The number of rotatable bonds is 5. The zero-order chi connectivity index (χ0) is 21.9. The van der Waals surface area contributed by atoms with Crippen molar-refractivity contribution in [3.63, 3.8) is 0 Å². The molecule has 2 aliphatic rings. The molecule has 1 saturated heterocycles. The van der Waals surface area contributed by atoms with Gasteiger partial charge in [0.1, 0.15) is 5.01 Å². The molecule has 32 heavy (non-hydrogen) atoms. The minimum Gasteiger partial charge on any atom is -0.454 e. The maximum Gasteiger partial charge on any atom is 0.325 e. The fourth-order valence-electron chi connectivity index (χ4n) is 3.79. The van der Waals surface area contributed by atoms with Crippen molar-refractivity contribution in [1.29, 1.82) is 0 Å². The molecule has 0 radical (unpaired) electrons. The Hall–Kier alpha value is -3.21. The van der Waals surface area contributed by atoms with Gasteiger partial charge in [0.15, 0.2) is 11.5 Å². The Labute approximate surface area is 188 Å². The van der Waals surface area contributed by atoms with Gasteiger partial charge in [0, 0.05) is 37.9 Å². The zero-order valence-corrected chi connectivity index (χ0v) is 18.2. The number of urea groups is 1. The molecular weight excluding hydrogens is 430 g/mol. The summed E-state index contributed by atoms with van der Waals surface area (Å²) in [6, 6.07) is 12.7. The van der Waals surface area contributed by atoms with E-state index in [-0.39, 0.29) is 19.2 Å². The molecule has 5 rings (SSSR count). The quantitative estimate of drug-likeness (QED) is 0.613. The molecule has 3 heterocycles. The highest BCUT2D eigenvalue weighted by atomic mass is 32.1. The van der Waals surface area contributed by atoms with Crippen molar-refractivity contribution in [2.24, 2.45) is 0 Å². The van der Waals surface area contributed by atoms with Crippen LogP contribution in [0.1, 0.15) is 5.01 Å². The van der Waals surface area contributed by atoms with Crippen LogP contribution in [-0.4, -0.2) is 66.2 Å². The third kappa shape index (κ3) is 4.82. The number of benzene rings is 2. The number of imide groups is 1. The van der Waals surface area contributed by atoms with Crippen LogP contribution in [0.15, 0.2) is 42.5 Å². The average molecular weight is 454 g/mol. The summed E-state index contributed by atoms with van der Waals surface area (Å²) in [4.78, 5) is 33.5. The van der Waals surface area contributed by atoms with Crippen molar-refractivity contribution in [2.75, 3.05) is 44.8 Å². The number of piperazine rings is 1. The van der Waals surface area contributed by atoms with Crippen LogP contribution in [-0.2, 0) is 11.3 Å². The Kier molecular flexibility index (Phi) is 5.89. The lowest BCUT2D eigenvalue weighted by Crippen LogP contribution is -2.50. The Morgan fingerprint density at radius 2 is 1.78 bits per heavy atom. The second-order valence-electron chi connectivity index (χ2n) is 7.70. The smallest absolute Gasteiger partial charge is 0.325 e. The topological polar surface area (TPSA) is 96.0 Å². The highest BCUT2D eigenvalue weighted by Gasteiger charge is 2.21. The zero-order valence-electron chi connectivity index (χ0n) is 17.4. The Morgan fingerprint density at radius 1 is 1.00 bits per heavy atom. The lowest BCUT2D eigenvalue weighted by Gasteiger charge is -2.33. The van der Waals surface area contributed by atoms with Crippen molar-refractivity contribution in [3.8, 4) is 11.5 Å². The van der Waals surface area contributed by atoms with E-state index in [1.54, 1.807) is 29.5 Å². The number of carbonyl (C=O) groups excluding carboxylic acids is 2. The van der Waals surface area contributed by atoms with E-state index in [4.69, 9.17) is 14.5 Å². The second kappa shape index (κ2) is 9.11. The molecule has 2 N–H and O–H groups in total. The Balaban J connectivity index is 1.05. The van der Waals surface area contributed by atoms with Crippen molar-refractivity contribution in [2.45, 2.75) is 6.54 Å². The molecule has 9 nitrogen and oxygen atoms in total. The number of nitrogens with one attached hydrogen (secondary N) is 2. The number of aromatic nitrogens is 1. The van der Waals surface area contributed by atoms with Gasteiger partial charge in [-0.15, -0.1) is 11.3 Å². The molecule has 0 saturated carbocycles. The highest BCUT2D eigenvalue weighted by molar-refractivity contribution is 7.18. The molecule has 166 valence electrons. The second-order valence-corrected chi connectivity index (χ2v) is 8.81. The van der Waals surface area contributed by atoms with Gasteiger partial charge in [-0.2, -0.15) is 0 Å². The number of carbonyl (C=O) groups is 2. The number of ether oxygens (including phenoxy) is 2. The van der Waals surface area contributed by atoms with Crippen LogP contribution in [0.25, 0.3) is 10.2 Å². The van der Waals surface area contributed by atoms with Crippen molar-refractivity contribution in [1.82, 2.24) is 20.1 Å². The number of thiazole rings is 1. The van der Waals surface area contributed by atoms with E-state index in [1.807, 2.05) is 18.2 Å². The number of hydrogen-bond donors (Lipinski definition) is 2. The van der Waals surface area contributed by atoms with Crippen molar-refractivity contribution in [3.05, 3.63) is 47.5 Å². The van der Waals surface area contributed by atoms with E-state index in [2.05, 4.69) is 26.5 Å². The molecule has 1 aromatic heterocycles. The number of nitrogens with zero attached hydrogens (tertiary/aromatic N) is 3. The largest absolute Gasteiger partial charge is 0.454 e. The number of amides is 3. The fourth-order valence-corrected chi connectivity index (χ4v) is 4.80. The van der Waals surface area contributed by atoms with E-state index in [1.165, 1.54) is 4.70 Å². The summed E-state index contributed by atoms with van der Waals surface area (Å²) in [5.74, 6) is 0.870. The fraction of sp³-hybridized carbons (Fsp3) is 0.318. The molecule has 0 spiro atoms. The van der Waals surface area contributed by atoms with Gasteiger partial charge in [0.25, 0.3) is 0 Å². The van der Waals surface area contributed by atoms with E-state index >= 15 is 0 Å². The lowest BCUT2D eigenvalue weighted by molar-refractivity contribution is -0.121. The van der Waals surface area contributed by atoms with Gasteiger partial charge < -0.3 is 14.8 Å². The Morgan fingerprint density at radius 3 is 2.62 bits per heavy atom. The minimum atomic E-state index is -0.566. The molecule has 10 heteroatoms. The van der Waals surface area contributed by atoms with Gasteiger partial charge in [0.05, 0.1) is 23.3 Å². The molecular formula is C22H23N5O4S. The molecule has 3 aromatic rings. The molecule has 0 bridgehead atoms. The van der Waals surface area contributed by atoms with Crippen LogP contribution < -0.4 is 20.1 Å². The third-order valence-electron chi connectivity index (χ3n) is 5.41. The van der Waals surface area contributed by atoms with Crippen LogP contribution in [0.4, 0.5) is 10.5 Å². The van der Waals surface area contributed by atoms with E-state index in [0.29, 0.717) is 17.2 Å². The van der Waals surface area contributed by atoms with Crippen molar-refractivity contribution >= 4 is 39.2 Å². The summed E-state index contributed by atoms with van der Waals surface area (Å²) in [7, 11) is 0. The Bertz CT molecular complexity index is 1110. The van der Waals surface area contributed by atoms with Gasteiger partial charge in [0.2, 0.25) is 12.7 Å². The predicted octanol–water partition coefficient (Wildman–Crippen LogP) is 2.49. The summed E-state index contributed by atoms with van der Waals surface area (Å²) in [6.07, 6.45) is 0. The number of hydrogen-bond acceptors (Lipinski definition) is 8. The first kappa shape index (κ1) is 20.7. The number of anilines is 1. The third-order valence-corrected chi connectivity index (χ3v) is 6.43. The number of fused-ring (bicyclic) bond motifs is 2. The van der Waals surface area contributed by atoms with Gasteiger partial charge in [-0.05, 0) is 24.3 Å². The summed E-state index contributed by atoms with van der Waals surface area (Å²) in [5, 5.41) is 6.14. The molecule has 0 aliphatic carbocycles. The SMILES string of the molecule is O=C(CN1CCN(Cc2nc3ccccc3s2)CC1)NC(=O)Nc1ccc2c(c1)OCO2. The predicted molar refractivity (Wildman–Crippen MR) is 121 cm³/mol. The first-order valence-electron chi connectivity index (χ1n) is 10.4.